The van der Waals surface area contributed by atoms with Crippen LogP contribution in [-0.4, -0.2) is 23.1 Å². The molecule has 5 nitrogen and oxygen atoms in total. The molecular formula is C9H14N4O. The number of nitrogen functional groups attached to an aromatic ring is 1. The van der Waals surface area contributed by atoms with Crippen molar-refractivity contribution in [3.63, 3.8) is 0 Å². The number of nitrogens with one attached hydrogen (secondary N) is 2. The van der Waals surface area contributed by atoms with Crippen LogP contribution < -0.4 is 16.6 Å². The van der Waals surface area contributed by atoms with Gasteiger partial charge in [0.15, 0.2) is 5.95 Å². The van der Waals surface area contributed by atoms with Gasteiger partial charge in [0, 0.05) is 11.8 Å². The molecule has 0 bridgehead atoms. The number of H-pyrrole nitrogens is 1. The summed E-state index contributed by atoms with van der Waals surface area (Å²) >= 11 is 0. The van der Waals surface area contributed by atoms with E-state index < -0.39 is 0 Å². The van der Waals surface area contributed by atoms with Crippen molar-refractivity contribution in [1.82, 2.24) is 15.3 Å². The molecule has 0 spiro atoms. The fourth-order valence-corrected chi connectivity index (χ4v) is 1.84. The predicted octanol–water partition coefficient (Wildman–Crippen LogP) is -0.181. The van der Waals surface area contributed by atoms with E-state index in [0.717, 1.165) is 31.5 Å². The van der Waals surface area contributed by atoms with Gasteiger partial charge in [0.2, 0.25) is 0 Å². The zero-order chi connectivity index (χ0) is 9.97. The first-order valence-corrected chi connectivity index (χ1v) is 4.83. The Labute approximate surface area is 81.7 Å². The van der Waals surface area contributed by atoms with Crippen LogP contribution in [0.2, 0.25) is 0 Å². The number of aromatic amines is 1. The monoisotopic (exact) mass is 194 g/mol. The molecule has 1 fully saturated rings. The Bertz CT molecular complexity index is 367. The van der Waals surface area contributed by atoms with Crippen molar-refractivity contribution in [2.24, 2.45) is 0 Å². The summed E-state index contributed by atoms with van der Waals surface area (Å²) in [4.78, 5) is 18.0. The van der Waals surface area contributed by atoms with Gasteiger partial charge in [-0.25, -0.2) is 4.98 Å². The second kappa shape index (κ2) is 3.79. The van der Waals surface area contributed by atoms with E-state index in [1.807, 2.05) is 0 Å². The normalized spacial score (nSPS) is 18.3. The van der Waals surface area contributed by atoms with Gasteiger partial charge >= 0.3 is 0 Å². The lowest BCUT2D eigenvalue weighted by atomic mass is 9.92. The average molecular weight is 194 g/mol. The molecule has 2 rings (SSSR count). The van der Waals surface area contributed by atoms with Crippen LogP contribution in [0.5, 0.6) is 0 Å². The van der Waals surface area contributed by atoms with Gasteiger partial charge in [0.1, 0.15) is 0 Å². The van der Waals surface area contributed by atoms with Crippen LogP contribution in [-0.2, 0) is 0 Å². The summed E-state index contributed by atoms with van der Waals surface area (Å²) in [6.45, 7) is 1.93. The zero-order valence-corrected chi connectivity index (χ0v) is 7.92. The molecule has 76 valence electrons. The van der Waals surface area contributed by atoms with E-state index in [9.17, 15) is 4.79 Å². The molecule has 2 heterocycles. The first-order valence-electron chi connectivity index (χ1n) is 4.83. The van der Waals surface area contributed by atoms with E-state index in [1.54, 1.807) is 6.20 Å². The highest BCUT2D eigenvalue weighted by Gasteiger charge is 2.18. The highest BCUT2D eigenvalue weighted by Crippen LogP contribution is 2.21. The minimum absolute atomic E-state index is 0.0931. The SMILES string of the molecule is Nc1ncc(C2CCNCC2)c(=O)[nH]1. The van der Waals surface area contributed by atoms with Gasteiger partial charge in [-0.3, -0.25) is 9.78 Å². The van der Waals surface area contributed by atoms with Crippen LogP contribution in [0.4, 0.5) is 5.95 Å². The minimum Gasteiger partial charge on any atom is -0.369 e. The predicted molar refractivity (Wildman–Crippen MR) is 54.1 cm³/mol. The Balaban J connectivity index is 2.26. The molecule has 1 aliphatic rings. The summed E-state index contributed by atoms with van der Waals surface area (Å²) < 4.78 is 0. The third-order valence-corrected chi connectivity index (χ3v) is 2.63. The largest absolute Gasteiger partial charge is 0.369 e. The molecule has 5 heteroatoms. The lowest BCUT2D eigenvalue weighted by Crippen LogP contribution is -2.30. The van der Waals surface area contributed by atoms with Crippen molar-refractivity contribution in [3.8, 4) is 0 Å². The Morgan fingerprint density at radius 3 is 2.79 bits per heavy atom. The molecule has 0 radical (unpaired) electrons. The Morgan fingerprint density at radius 1 is 1.43 bits per heavy atom. The molecule has 0 aromatic carbocycles. The number of anilines is 1. The molecular weight excluding hydrogens is 180 g/mol. The van der Waals surface area contributed by atoms with Crippen LogP contribution in [0.15, 0.2) is 11.0 Å². The molecule has 0 atom stereocenters. The van der Waals surface area contributed by atoms with Gasteiger partial charge in [-0.05, 0) is 31.8 Å². The average Bonchev–Trinajstić information content (AvgIpc) is 2.19. The molecule has 1 saturated heterocycles. The summed E-state index contributed by atoms with van der Waals surface area (Å²) in [7, 11) is 0. The molecule has 1 aromatic heterocycles. The van der Waals surface area contributed by atoms with Crippen molar-refractivity contribution in [3.05, 3.63) is 22.1 Å². The highest BCUT2D eigenvalue weighted by molar-refractivity contribution is 5.20. The summed E-state index contributed by atoms with van der Waals surface area (Å²) in [6.07, 6.45) is 3.59. The van der Waals surface area contributed by atoms with Crippen molar-refractivity contribution >= 4 is 5.95 Å². The number of hydrogen-bond acceptors (Lipinski definition) is 4. The Morgan fingerprint density at radius 2 is 2.14 bits per heavy atom. The maximum atomic E-state index is 11.5. The lowest BCUT2D eigenvalue weighted by Gasteiger charge is -2.21. The highest BCUT2D eigenvalue weighted by atomic mass is 16.1. The minimum atomic E-state index is -0.0931. The number of piperidine rings is 1. The van der Waals surface area contributed by atoms with Gasteiger partial charge in [-0.1, -0.05) is 0 Å². The summed E-state index contributed by atoms with van der Waals surface area (Å²) in [5.41, 5.74) is 6.05. The van der Waals surface area contributed by atoms with E-state index in [-0.39, 0.29) is 11.5 Å². The van der Waals surface area contributed by atoms with Crippen LogP contribution >= 0.6 is 0 Å². The number of rotatable bonds is 1. The lowest BCUT2D eigenvalue weighted by molar-refractivity contribution is 0.457. The van der Waals surface area contributed by atoms with Gasteiger partial charge in [-0.2, -0.15) is 0 Å². The quantitative estimate of drug-likeness (QED) is 0.579. The molecule has 1 aromatic rings. The molecule has 4 N–H and O–H groups in total. The molecule has 0 unspecified atom stereocenters. The molecule has 14 heavy (non-hydrogen) atoms. The summed E-state index contributed by atoms with van der Waals surface area (Å²) in [5, 5.41) is 3.26. The topological polar surface area (TPSA) is 83.8 Å². The maximum absolute atomic E-state index is 11.5. The fraction of sp³-hybridized carbons (Fsp3) is 0.556. The zero-order valence-electron chi connectivity index (χ0n) is 7.92. The number of aromatic nitrogens is 2. The van der Waals surface area contributed by atoms with Gasteiger partial charge in [-0.15, -0.1) is 0 Å². The molecule has 0 saturated carbocycles. The molecule has 0 aliphatic carbocycles. The number of hydrogen-bond donors (Lipinski definition) is 3. The van der Waals surface area contributed by atoms with E-state index in [1.165, 1.54) is 0 Å². The van der Waals surface area contributed by atoms with E-state index in [2.05, 4.69) is 15.3 Å². The summed E-state index contributed by atoms with van der Waals surface area (Å²) in [6, 6.07) is 0. The van der Waals surface area contributed by atoms with Gasteiger partial charge < -0.3 is 11.1 Å². The van der Waals surface area contributed by atoms with Crippen molar-refractivity contribution < 1.29 is 0 Å². The third-order valence-electron chi connectivity index (χ3n) is 2.63. The third kappa shape index (κ3) is 1.77. The first kappa shape index (κ1) is 9.21. The second-order valence-electron chi connectivity index (χ2n) is 3.58. The number of nitrogens with zero attached hydrogens (tertiary/aromatic N) is 1. The summed E-state index contributed by atoms with van der Waals surface area (Å²) in [5.74, 6) is 0.515. The second-order valence-corrected chi connectivity index (χ2v) is 3.58. The smallest absolute Gasteiger partial charge is 0.255 e. The Kier molecular flexibility index (Phi) is 2.49. The number of nitrogens with two attached hydrogens (primary N) is 1. The maximum Gasteiger partial charge on any atom is 0.255 e. The standard InChI is InChI=1S/C9H14N4O/c10-9-12-5-7(8(14)13-9)6-1-3-11-4-2-6/h5-6,11H,1-4H2,(H3,10,12,13,14). The van der Waals surface area contributed by atoms with Gasteiger partial charge in [0.05, 0.1) is 0 Å². The van der Waals surface area contributed by atoms with E-state index in [0.29, 0.717) is 5.92 Å². The fourth-order valence-electron chi connectivity index (χ4n) is 1.84. The van der Waals surface area contributed by atoms with Crippen LogP contribution in [0.25, 0.3) is 0 Å². The van der Waals surface area contributed by atoms with Gasteiger partial charge in [0.25, 0.3) is 5.56 Å². The first-order chi connectivity index (χ1) is 6.77. The van der Waals surface area contributed by atoms with Crippen LogP contribution in [0.3, 0.4) is 0 Å². The van der Waals surface area contributed by atoms with Crippen molar-refractivity contribution in [1.29, 1.82) is 0 Å². The van der Waals surface area contributed by atoms with Crippen LogP contribution in [0.1, 0.15) is 24.3 Å². The van der Waals surface area contributed by atoms with Crippen molar-refractivity contribution in [2.75, 3.05) is 18.8 Å². The van der Waals surface area contributed by atoms with Crippen LogP contribution in [0, 0.1) is 0 Å². The van der Waals surface area contributed by atoms with E-state index >= 15 is 0 Å². The van der Waals surface area contributed by atoms with Crippen molar-refractivity contribution in [2.45, 2.75) is 18.8 Å². The Hall–Kier alpha value is -1.36. The molecule has 0 amide bonds. The van der Waals surface area contributed by atoms with E-state index in [4.69, 9.17) is 5.73 Å². The molecule has 1 aliphatic heterocycles.